The second-order valence-electron chi connectivity index (χ2n) is 9.30. The van der Waals surface area contributed by atoms with Gasteiger partial charge in [0.25, 0.3) is 5.91 Å². The summed E-state index contributed by atoms with van der Waals surface area (Å²) >= 11 is 0. The van der Waals surface area contributed by atoms with E-state index in [0.29, 0.717) is 0 Å². The van der Waals surface area contributed by atoms with Crippen molar-refractivity contribution in [3.05, 3.63) is 0 Å². The zero-order valence-corrected chi connectivity index (χ0v) is 21.2. The molecule has 3 saturated heterocycles. The van der Waals surface area contributed by atoms with Gasteiger partial charge in [0.1, 0.15) is 36.6 Å². The van der Waals surface area contributed by atoms with E-state index in [4.69, 9.17) is 23.9 Å². The fourth-order valence-electron chi connectivity index (χ4n) is 4.76. The first-order valence-electron chi connectivity index (χ1n) is 11.9. The summed E-state index contributed by atoms with van der Waals surface area (Å²) in [5.41, 5.74) is 0. The number of hydrogen-bond acceptors (Lipinski definition) is 15. The van der Waals surface area contributed by atoms with Crippen molar-refractivity contribution >= 4 is 43.8 Å². The number of imide groups is 1. The number of fused-ring (bicyclic) bond motifs is 1. The van der Waals surface area contributed by atoms with E-state index < -0.39 is 100.0 Å². The molecule has 220 valence electrons. The van der Waals surface area contributed by atoms with Crippen LogP contribution in [0.5, 0.6) is 0 Å². The number of hydrogen-bond donors (Lipinski definition) is 8. The first-order chi connectivity index (χ1) is 18.9. The van der Waals surface area contributed by atoms with Gasteiger partial charge in [0.15, 0.2) is 24.3 Å². The summed E-state index contributed by atoms with van der Waals surface area (Å²) in [6.07, 6.45) is -11.1. The van der Waals surface area contributed by atoms with Crippen LogP contribution in [0.1, 0.15) is 6.42 Å². The van der Waals surface area contributed by atoms with Gasteiger partial charge in [0.05, 0.1) is 19.6 Å². The molecule has 0 aromatic carbocycles. The van der Waals surface area contributed by atoms with Crippen LogP contribution < -0.4 is 10.6 Å². The average molecular weight is 591 g/mol. The zero-order chi connectivity index (χ0) is 28.9. The van der Waals surface area contributed by atoms with Gasteiger partial charge in [0.2, 0.25) is 11.9 Å². The van der Waals surface area contributed by atoms with Crippen LogP contribution in [-0.2, 0) is 32.7 Å². The Balaban J connectivity index is 1.20. The molecule has 20 nitrogen and oxygen atoms in total. The Morgan fingerprint density at radius 2 is 1.82 bits per heavy atom. The minimum Gasteiger partial charge on any atom is -0.394 e. The number of phosphoric ester groups is 1. The van der Waals surface area contributed by atoms with Crippen molar-refractivity contribution < 1.29 is 62.8 Å². The molecule has 0 aromatic rings. The Bertz CT molecular complexity index is 1200. The Hall–Kier alpha value is -2.91. The molecule has 5 rings (SSSR count). The van der Waals surface area contributed by atoms with Crippen molar-refractivity contribution in [3.8, 4) is 0 Å². The number of carbonyl (C=O) groups excluding carboxylic acids is 3. The van der Waals surface area contributed by atoms with Gasteiger partial charge in [-0.1, -0.05) is 0 Å². The SMILES string of the molecule is N=C1N=C2C(N=CN2[C@@H]2O[C@H](COP(=O)(O)O[C@H]3[C@@H](O)[C@H](N4CCC(=O)NC4=O)O[C@@H]3CO)[C@@H](O)[C@H]2O)C(=O)N1. The third kappa shape index (κ3) is 5.26. The second kappa shape index (κ2) is 10.8. The number of amides is 4. The molecule has 40 heavy (non-hydrogen) atoms. The van der Waals surface area contributed by atoms with E-state index in [0.717, 1.165) is 16.1 Å². The van der Waals surface area contributed by atoms with Crippen LogP contribution in [0.25, 0.3) is 0 Å². The highest BCUT2D eigenvalue weighted by atomic mass is 31.2. The monoisotopic (exact) mass is 591 g/mol. The summed E-state index contributed by atoms with van der Waals surface area (Å²) in [4.78, 5) is 55.8. The van der Waals surface area contributed by atoms with Crippen LogP contribution in [-0.4, -0.2) is 146 Å². The van der Waals surface area contributed by atoms with E-state index in [1.165, 1.54) is 0 Å². The fraction of sp³-hybridized carbons (Fsp3) is 0.684. The van der Waals surface area contributed by atoms with Crippen molar-refractivity contribution in [2.75, 3.05) is 19.8 Å². The van der Waals surface area contributed by atoms with E-state index >= 15 is 0 Å². The van der Waals surface area contributed by atoms with Crippen LogP contribution in [0, 0.1) is 5.41 Å². The first kappa shape index (κ1) is 28.6. The summed E-state index contributed by atoms with van der Waals surface area (Å²) in [6.45, 7) is -1.69. The summed E-state index contributed by atoms with van der Waals surface area (Å²) < 4.78 is 33.7. The normalized spacial score (nSPS) is 39.2. The number of phosphoric acid groups is 1. The molecule has 8 N–H and O–H groups in total. The highest BCUT2D eigenvalue weighted by Gasteiger charge is 2.53. The molecule has 0 spiro atoms. The number of carbonyl (C=O) groups is 3. The van der Waals surface area contributed by atoms with Crippen LogP contribution in [0.15, 0.2) is 9.98 Å². The number of guanidine groups is 1. The molecule has 0 aliphatic carbocycles. The number of urea groups is 1. The van der Waals surface area contributed by atoms with E-state index in [1.54, 1.807) is 0 Å². The van der Waals surface area contributed by atoms with Crippen LogP contribution >= 0.6 is 7.82 Å². The average Bonchev–Trinajstić information content (AvgIpc) is 3.53. The van der Waals surface area contributed by atoms with Gasteiger partial charge >= 0.3 is 13.9 Å². The minimum atomic E-state index is -5.05. The maximum absolute atomic E-state index is 12.7. The number of rotatable bonds is 8. The van der Waals surface area contributed by atoms with E-state index in [-0.39, 0.29) is 18.8 Å². The molecule has 3 fully saturated rings. The highest BCUT2D eigenvalue weighted by molar-refractivity contribution is 7.47. The van der Waals surface area contributed by atoms with Gasteiger partial charge in [0, 0.05) is 13.0 Å². The molecule has 21 heteroatoms. The number of aliphatic hydroxyl groups excluding tert-OH is 4. The van der Waals surface area contributed by atoms with E-state index in [2.05, 4.69) is 15.3 Å². The number of aliphatic hydroxyl groups is 4. The minimum absolute atomic E-state index is 0.0331. The summed E-state index contributed by atoms with van der Waals surface area (Å²) in [7, 11) is -5.05. The molecule has 5 aliphatic rings. The lowest BCUT2D eigenvalue weighted by Gasteiger charge is -2.33. The molecule has 0 radical (unpaired) electrons. The van der Waals surface area contributed by atoms with Crippen molar-refractivity contribution in [3.63, 3.8) is 0 Å². The second-order valence-corrected chi connectivity index (χ2v) is 10.7. The van der Waals surface area contributed by atoms with Gasteiger partial charge in [-0.3, -0.25) is 49.5 Å². The third-order valence-corrected chi connectivity index (χ3v) is 7.70. The van der Waals surface area contributed by atoms with Gasteiger partial charge in [-0.2, -0.15) is 4.99 Å². The van der Waals surface area contributed by atoms with Crippen LogP contribution in [0.3, 0.4) is 0 Å². The Kier molecular flexibility index (Phi) is 7.74. The molecule has 0 bridgehead atoms. The van der Waals surface area contributed by atoms with Crippen LogP contribution in [0.4, 0.5) is 4.79 Å². The lowest BCUT2D eigenvalue weighted by molar-refractivity contribution is -0.125. The number of nitrogens with one attached hydrogen (secondary N) is 3. The number of amidine groups is 1. The third-order valence-electron chi connectivity index (χ3n) is 6.72. The quantitative estimate of drug-likeness (QED) is 0.123. The lowest BCUT2D eigenvalue weighted by atomic mass is 10.1. The fourth-order valence-corrected chi connectivity index (χ4v) is 5.72. The summed E-state index contributed by atoms with van der Waals surface area (Å²) in [5, 5.41) is 53.1. The largest absolute Gasteiger partial charge is 0.472 e. The summed E-state index contributed by atoms with van der Waals surface area (Å²) in [6, 6.07) is -1.96. The molecule has 5 heterocycles. The van der Waals surface area contributed by atoms with Crippen molar-refractivity contribution in [2.24, 2.45) is 9.98 Å². The predicted molar refractivity (Wildman–Crippen MR) is 125 cm³/mol. The molecular formula is C19H26N7O13P. The number of aliphatic imine (C=N–C) groups is 2. The summed E-state index contributed by atoms with van der Waals surface area (Å²) in [5.74, 6) is -1.66. The maximum Gasteiger partial charge on any atom is 0.472 e. The van der Waals surface area contributed by atoms with Crippen LogP contribution in [0.2, 0.25) is 0 Å². The molecule has 10 atom stereocenters. The smallest absolute Gasteiger partial charge is 0.394 e. The topological polar surface area (TPSA) is 285 Å². The highest BCUT2D eigenvalue weighted by Crippen LogP contribution is 2.48. The van der Waals surface area contributed by atoms with E-state index in [1.807, 2.05) is 5.32 Å². The van der Waals surface area contributed by atoms with Crippen molar-refractivity contribution in [1.82, 2.24) is 20.4 Å². The standard InChI is InChI=1S/C19H26N7O13P/c20-18-23-14-9(15(32)24-18)21-5-26(14)16-11(30)10(29)7(38-16)4-36-40(34,35)39-13-6(3-27)37-17(12(13)31)25-2-1-8(28)22-19(25)33/h5-7,9-13,16-17,27,29-31H,1-4H2,(H,34,35)(H2,20,24,32)(H,22,28,33)/t6-,7-,9?,10-,11-,12-,13-,16-,17-/m1/s1. The Morgan fingerprint density at radius 1 is 1.10 bits per heavy atom. The number of ether oxygens (including phenoxy) is 2. The molecule has 0 aromatic heterocycles. The zero-order valence-electron chi connectivity index (χ0n) is 20.3. The van der Waals surface area contributed by atoms with Gasteiger partial charge in [-0.25, -0.2) is 9.36 Å². The first-order valence-corrected chi connectivity index (χ1v) is 13.4. The molecule has 2 unspecified atom stereocenters. The molecule has 4 amide bonds. The van der Waals surface area contributed by atoms with Gasteiger partial charge in [-0.15, -0.1) is 0 Å². The molecule has 0 saturated carbocycles. The van der Waals surface area contributed by atoms with E-state index in [9.17, 15) is 44.3 Å². The molecule has 5 aliphatic heterocycles. The Morgan fingerprint density at radius 3 is 2.52 bits per heavy atom. The number of nitrogens with zero attached hydrogens (tertiary/aromatic N) is 4. The lowest BCUT2D eigenvalue weighted by Crippen LogP contribution is -2.56. The van der Waals surface area contributed by atoms with Gasteiger partial charge < -0.3 is 34.8 Å². The van der Waals surface area contributed by atoms with Crippen molar-refractivity contribution in [1.29, 1.82) is 5.41 Å². The van der Waals surface area contributed by atoms with Gasteiger partial charge in [-0.05, 0) is 0 Å². The Labute approximate surface area is 224 Å². The predicted octanol–water partition coefficient (Wildman–Crippen LogP) is -4.87. The van der Waals surface area contributed by atoms with Crippen molar-refractivity contribution in [2.45, 2.75) is 61.5 Å². The molecular weight excluding hydrogens is 565 g/mol. The maximum atomic E-state index is 12.7.